The summed E-state index contributed by atoms with van der Waals surface area (Å²) >= 11 is 0. The van der Waals surface area contributed by atoms with Gasteiger partial charge in [0, 0.05) is 18.2 Å². The lowest BCUT2D eigenvalue weighted by Gasteiger charge is -2.25. The van der Waals surface area contributed by atoms with Crippen LogP contribution in [0.25, 0.3) is 0 Å². The highest BCUT2D eigenvalue weighted by molar-refractivity contribution is 7.90. The van der Waals surface area contributed by atoms with Crippen molar-refractivity contribution in [1.29, 1.82) is 0 Å². The Morgan fingerprint density at radius 1 is 1.04 bits per heavy atom. The molecule has 0 spiro atoms. The number of rotatable bonds is 4. The topological polar surface area (TPSA) is 74.9 Å². The van der Waals surface area contributed by atoms with Gasteiger partial charge >= 0.3 is 7.05 Å². The Bertz CT molecular complexity index is 1090. The van der Waals surface area contributed by atoms with Crippen molar-refractivity contribution in [2.24, 2.45) is 5.10 Å². The fourth-order valence-electron chi connectivity index (χ4n) is 3.09. The van der Waals surface area contributed by atoms with Crippen molar-refractivity contribution in [1.82, 2.24) is 8.89 Å². The molecule has 0 radical (unpaired) electrons. The van der Waals surface area contributed by atoms with Gasteiger partial charge in [-0.2, -0.15) is 9.43 Å². The van der Waals surface area contributed by atoms with Crippen LogP contribution in [0.2, 0.25) is 0 Å². The average Bonchev–Trinajstić information content (AvgIpc) is 3.07. The summed E-state index contributed by atoms with van der Waals surface area (Å²) in [6.07, 6.45) is 3.31. The van der Waals surface area contributed by atoms with Gasteiger partial charge in [-0.25, -0.2) is 8.42 Å². The lowest BCUT2D eigenvalue weighted by Crippen LogP contribution is -2.52. The summed E-state index contributed by atoms with van der Waals surface area (Å²) in [6, 6.07) is 18.1. The first-order valence-electron chi connectivity index (χ1n) is 8.53. The lowest BCUT2D eigenvalue weighted by atomic mass is 9.74. The molecule has 0 fully saturated rings. The Labute approximate surface area is 158 Å². The van der Waals surface area contributed by atoms with Gasteiger partial charge in [-0.05, 0) is 30.7 Å². The SMILES string of the molecule is Cc1ccc(S(=O)(=O)N2N=Cc3c(ccn3Cc3ccccc3)B2O)cc1. The number of aryl methyl sites for hydroxylation is 1. The van der Waals surface area contributed by atoms with Gasteiger partial charge in [0.15, 0.2) is 0 Å². The van der Waals surface area contributed by atoms with Gasteiger partial charge in [-0.3, -0.25) is 0 Å². The number of hydrazone groups is 1. The molecule has 0 unspecified atom stereocenters. The molecule has 3 aromatic rings. The third-order valence-electron chi connectivity index (χ3n) is 4.58. The van der Waals surface area contributed by atoms with Gasteiger partial charge in [-0.1, -0.05) is 48.0 Å². The number of hydrogen-bond donors (Lipinski definition) is 1. The molecule has 136 valence electrons. The van der Waals surface area contributed by atoms with Crippen LogP contribution in [0.4, 0.5) is 0 Å². The number of benzene rings is 2. The smallest absolute Gasteiger partial charge is 0.427 e. The minimum absolute atomic E-state index is 0.0940. The minimum Gasteiger partial charge on any atom is -0.427 e. The second kappa shape index (κ2) is 6.72. The molecule has 0 bridgehead atoms. The Balaban J connectivity index is 1.65. The molecule has 2 aromatic carbocycles. The van der Waals surface area contributed by atoms with E-state index in [1.54, 1.807) is 18.2 Å². The van der Waals surface area contributed by atoms with Crippen LogP contribution in [0.5, 0.6) is 0 Å². The lowest BCUT2D eigenvalue weighted by molar-refractivity contribution is 0.475. The van der Waals surface area contributed by atoms with E-state index in [0.29, 0.717) is 17.7 Å². The quantitative estimate of drug-likeness (QED) is 0.700. The number of sulfonamides is 1. The molecule has 0 aliphatic carbocycles. The van der Waals surface area contributed by atoms with Crippen LogP contribution in [0.3, 0.4) is 0 Å². The molecule has 0 saturated carbocycles. The van der Waals surface area contributed by atoms with Crippen LogP contribution in [-0.4, -0.2) is 35.6 Å². The normalized spacial score (nSPS) is 13.7. The van der Waals surface area contributed by atoms with Gasteiger partial charge < -0.3 is 9.59 Å². The van der Waals surface area contributed by atoms with Crippen LogP contribution >= 0.6 is 0 Å². The van der Waals surface area contributed by atoms with Crippen LogP contribution in [0.15, 0.2) is 76.9 Å². The summed E-state index contributed by atoms with van der Waals surface area (Å²) in [7, 11) is -5.31. The molecule has 0 amide bonds. The average molecular weight is 379 g/mol. The second-order valence-corrected chi connectivity index (χ2v) is 8.27. The maximum atomic E-state index is 12.9. The summed E-state index contributed by atoms with van der Waals surface area (Å²) in [5.74, 6) is 0. The van der Waals surface area contributed by atoms with Crippen molar-refractivity contribution in [3.05, 3.63) is 83.7 Å². The van der Waals surface area contributed by atoms with Gasteiger partial charge in [-0.15, -0.1) is 0 Å². The zero-order valence-corrected chi connectivity index (χ0v) is 15.5. The Morgan fingerprint density at radius 2 is 1.74 bits per heavy atom. The molecule has 0 saturated heterocycles. The molecule has 1 N–H and O–H groups in total. The molecule has 8 heteroatoms. The summed E-state index contributed by atoms with van der Waals surface area (Å²) in [4.78, 5) is 0.0940. The third kappa shape index (κ3) is 3.18. The molecule has 1 aromatic heterocycles. The highest BCUT2D eigenvalue weighted by Crippen LogP contribution is 2.20. The van der Waals surface area contributed by atoms with E-state index in [1.807, 2.05) is 48.0 Å². The van der Waals surface area contributed by atoms with Gasteiger partial charge in [0.05, 0.1) is 16.8 Å². The van der Waals surface area contributed by atoms with Crippen molar-refractivity contribution >= 4 is 28.8 Å². The molecule has 1 aliphatic rings. The van der Waals surface area contributed by atoms with Crippen LogP contribution in [0.1, 0.15) is 16.8 Å². The Morgan fingerprint density at radius 3 is 2.44 bits per heavy atom. The first-order chi connectivity index (χ1) is 13.0. The minimum atomic E-state index is -3.94. The van der Waals surface area contributed by atoms with E-state index in [1.165, 1.54) is 18.3 Å². The maximum absolute atomic E-state index is 12.9. The Hall–Kier alpha value is -2.84. The predicted octanol–water partition coefficient (Wildman–Crippen LogP) is 1.57. The summed E-state index contributed by atoms with van der Waals surface area (Å²) in [6.45, 7) is 2.49. The van der Waals surface area contributed by atoms with Gasteiger partial charge in [0.2, 0.25) is 0 Å². The summed E-state index contributed by atoms with van der Waals surface area (Å²) < 4.78 is 28.4. The van der Waals surface area contributed by atoms with Crippen LogP contribution in [0, 0.1) is 6.92 Å². The molecular formula is C19H18BN3O3S. The highest BCUT2D eigenvalue weighted by atomic mass is 32.2. The second-order valence-electron chi connectivity index (χ2n) is 6.48. The van der Waals surface area contributed by atoms with E-state index < -0.39 is 17.1 Å². The molecule has 4 rings (SSSR count). The molecule has 27 heavy (non-hydrogen) atoms. The number of aromatic nitrogens is 1. The largest absolute Gasteiger partial charge is 0.486 e. The monoisotopic (exact) mass is 379 g/mol. The Kier molecular flexibility index (Phi) is 4.37. The molecular weight excluding hydrogens is 361 g/mol. The summed E-state index contributed by atoms with van der Waals surface area (Å²) in [5, 5.41) is 14.7. The van der Waals surface area contributed by atoms with E-state index in [2.05, 4.69) is 5.10 Å². The first kappa shape index (κ1) is 17.6. The first-order valence-corrected chi connectivity index (χ1v) is 9.97. The number of hydrogen-bond acceptors (Lipinski definition) is 4. The van der Waals surface area contributed by atoms with Crippen molar-refractivity contribution < 1.29 is 13.4 Å². The zero-order chi connectivity index (χ0) is 19.0. The van der Waals surface area contributed by atoms with E-state index in [9.17, 15) is 13.4 Å². The molecule has 0 atom stereocenters. The van der Waals surface area contributed by atoms with Crippen molar-refractivity contribution in [2.45, 2.75) is 18.4 Å². The number of nitrogens with zero attached hydrogens (tertiary/aromatic N) is 3. The van der Waals surface area contributed by atoms with E-state index in [4.69, 9.17) is 0 Å². The standard InChI is InChI=1S/C19H18BN3O3S/c1-15-7-9-17(10-8-15)27(25,26)23-20(24)18-11-12-22(19(18)13-21-23)14-16-5-3-2-4-6-16/h2-13,24H,14H2,1H3. The predicted molar refractivity (Wildman–Crippen MR) is 105 cm³/mol. The summed E-state index contributed by atoms with van der Waals surface area (Å²) in [5.41, 5.74) is 3.27. The van der Waals surface area contributed by atoms with Crippen LogP contribution in [-0.2, 0) is 16.6 Å². The van der Waals surface area contributed by atoms with Gasteiger partial charge in [0.1, 0.15) is 0 Å². The fourth-order valence-corrected chi connectivity index (χ4v) is 4.34. The molecule has 1 aliphatic heterocycles. The third-order valence-corrected chi connectivity index (χ3v) is 6.24. The van der Waals surface area contributed by atoms with Crippen molar-refractivity contribution in [2.75, 3.05) is 0 Å². The fraction of sp³-hybridized carbons (Fsp3) is 0.105. The zero-order valence-electron chi connectivity index (χ0n) is 14.7. The van der Waals surface area contributed by atoms with Crippen molar-refractivity contribution in [3.8, 4) is 0 Å². The number of fused-ring (bicyclic) bond motifs is 1. The van der Waals surface area contributed by atoms with Crippen molar-refractivity contribution in [3.63, 3.8) is 0 Å². The van der Waals surface area contributed by atoms with Crippen LogP contribution < -0.4 is 5.46 Å². The maximum Gasteiger partial charge on any atom is 0.486 e. The van der Waals surface area contributed by atoms with Gasteiger partial charge in [0.25, 0.3) is 10.0 Å². The molecule has 2 heterocycles. The van der Waals surface area contributed by atoms with E-state index in [0.717, 1.165) is 15.5 Å². The highest BCUT2D eigenvalue weighted by Gasteiger charge is 2.39. The van der Waals surface area contributed by atoms with E-state index >= 15 is 0 Å². The van der Waals surface area contributed by atoms with E-state index in [-0.39, 0.29) is 4.90 Å². The molecule has 6 nitrogen and oxygen atoms in total.